The van der Waals surface area contributed by atoms with Crippen molar-refractivity contribution < 1.29 is 24.4 Å². The highest BCUT2D eigenvalue weighted by Gasteiger charge is 2.23. The lowest BCUT2D eigenvalue weighted by atomic mass is 9.78. The van der Waals surface area contributed by atoms with Crippen molar-refractivity contribution in [2.24, 2.45) is 0 Å². The van der Waals surface area contributed by atoms with Crippen LogP contribution in [0.25, 0.3) is 0 Å². The van der Waals surface area contributed by atoms with Crippen LogP contribution in [0.4, 0.5) is 0 Å². The number of rotatable bonds is 13. The topological polar surface area (TPSA) is 71.4 Å². The Morgan fingerprint density at radius 2 is 1.94 bits per heavy atom. The molecule has 1 saturated heterocycles. The molecular weight excluding hydrogens is 522 g/mol. The number of morpholine rings is 1. The minimum absolute atomic E-state index is 0.128. The second-order valence-corrected chi connectivity index (χ2v) is 10.1. The normalized spacial score (nSPS) is 17.9. The molecule has 34 heavy (non-hydrogen) atoms. The van der Waals surface area contributed by atoms with Crippen LogP contribution in [0.5, 0.6) is 5.75 Å². The van der Waals surface area contributed by atoms with Crippen LogP contribution in [0.1, 0.15) is 26.3 Å². The summed E-state index contributed by atoms with van der Waals surface area (Å²) < 4.78 is 17.6. The van der Waals surface area contributed by atoms with Gasteiger partial charge in [0.2, 0.25) is 0 Å². The second kappa shape index (κ2) is 14.3. The summed E-state index contributed by atoms with van der Waals surface area (Å²) in [4.78, 5) is 2.18. The number of halogens is 2. The molecule has 190 valence electrons. The molecule has 0 bridgehead atoms. The van der Waals surface area contributed by atoms with E-state index < -0.39 is 12.2 Å². The monoisotopic (exact) mass is 557 g/mol. The lowest BCUT2D eigenvalue weighted by Gasteiger charge is -2.28. The zero-order valence-electron chi connectivity index (χ0n) is 20.3. The fourth-order valence-electron chi connectivity index (χ4n) is 3.38. The van der Waals surface area contributed by atoms with Crippen molar-refractivity contribution in [2.75, 3.05) is 51.9 Å². The molecule has 2 rings (SSSR count). The Kier molecular flexibility index (Phi) is 12.1. The van der Waals surface area contributed by atoms with Crippen LogP contribution in [0.3, 0.4) is 0 Å². The molecule has 0 unspecified atom stereocenters. The minimum Gasteiger partial charge on any atom is -0.491 e. The Morgan fingerprint density at radius 3 is 2.56 bits per heavy atom. The number of ether oxygens (including phenoxy) is 3. The third-order valence-electron chi connectivity index (χ3n) is 5.96. The van der Waals surface area contributed by atoms with Crippen molar-refractivity contribution >= 4 is 27.5 Å². The fraction of sp³-hybridized carbons (Fsp3) is 0.538. The molecule has 0 amide bonds. The summed E-state index contributed by atoms with van der Waals surface area (Å²) in [5.74, 6) is 1.39. The van der Waals surface area contributed by atoms with Crippen LogP contribution >= 0.6 is 27.5 Å². The molecule has 1 heterocycles. The first-order chi connectivity index (χ1) is 16.2. The van der Waals surface area contributed by atoms with Gasteiger partial charge in [0.25, 0.3) is 0 Å². The number of hydrogen-bond acceptors (Lipinski definition) is 6. The molecule has 2 atom stereocenters. The molecule has 0 radical (unpaired) electrons. The van der Waals surface area contributed by atoms with Gasteiger partial charge < -0.3 is 24.4 Å². The molecule has 8 heteroatoms. The highest BCUT2D eigenvalue weighted by Crippen LogP contribution is 2.36. The summed E-state index contributed by atoms with van der Waals surface area (Å²) >= 11 is 9.19. The van der Waals surface area contributed by atoms with E-state index in [1.54, 1.807) is 6.08 Å². The number of alkyl halides is 1. The summed E-state index contributed by atoms with van der Waals surface area (Å²) in [7, 11) is 0. The highest BCUT2D eigenvalue weighted by molar-refractivity contribution is 9.10. The van der Waals surface area contributed by atoms with Crippen molar-refractivity contribution in [3.63, 3.8) is 0 Å². The van der Waals surface area contributed by atoms with Gasteiger partial charge >= 0.3 is 0 Å². The molecule has 1 fully saturated rings. The molecule has 6 nitrogen and oxygen atoms in total. The number of aliphatic hydroxyl groups is 2. The van der Waals surface area contributed by atoms with Crippen LogP contribution < -0.4 is 4.74 Å². The van der Waals surface area contributed by atoms with E-state index in [0.29, 0.717) is 31.3 Å². The Hall–Kier alpha value is -1.35. The summed E-state index contributed by atoms with van der Waals surface area (Å²) in [5, 5.41) is 19.9. The lowest BCUT2D eigenvalue weighted by Crippen LogP contribution is -2.42. The minimum atomic E-state index is -0.705. The van der Waals surface area contributed by atoms with Gasteiger partial charge in [0.05, 0.1) is 23.6 Å². The number of β-amino-alcohol motifs (C(OH)–C–C–N with tert-alkyl or cyclic N) is 1. The van der Waals surface area contributed by atoms with Gasteiger partial charge in [-0.15, -0.1) is 11.6 Å². The molecule has 0 saturated carbocycles. The van der Waals surface area contributed by atoms with Gasteiger partial charge in [0.15, 0.2) is 0 Å². The van der Waals surface area contributed by atoms with E-state index in [1.165, 1.54) is 0 Å². The van der Waals surface area contributed by atoms with Crippen LogP contribution in [-0.2, 0) is 14.9 Å². The van der Waals surface area contributed by atoms with Crippen molar-refractivity contribution in [3.05, 3.63) is 64.4 Å². The van der Waals surface area contributed by atoms with E-state index in [2.05, 4.69) is 48.2 Å². The van der Waals surface area contributed by atoms with Gasteiger partial charge in [-0.1, -0.05) is 38.1 Å². The first-order valence-corrected chi connectivity index (χ1v) is 12.8. The second-order valence-electron chi connectivity index (χ2n) is 8.89. The fourth-order valence-corrected chi connectivity index (χ4v) is 3.96. The average Bonchev–Trinajstić information content (AvgIpc) is 2.83. The maximum absolute atomic E-state index is 10.3. The summed E-state index contributed by atoms with van der Waals surface area (Å²) in [6.07, 6.45) is 4.26. The molecule has 0 spiro atoms. The predicted molar refractivity (Wildman–Crippen MR) is 141 cm³/mol. The molecule has 2 N–H and O–H groups in total. The van der Waals surface area contributed by atoms with Crippen molar-refractivity contribution in [1.82, 2.24) is 4.90 Å². The maximum atomic E-state index is 10.3. The van der Waals surface area contributed by atoms with Crippen LogP contribution in [-0.4, -0.2) is 79.3 Å². The molecule has 1 aromatic rings. The van der Waals surface area contributed by atoms with Gasteiger partial charge in [-0.05, 0) is 52.7 Å². The predicted octanol–water partition coefficient (Wildman–Crippen LogP) is 4.43. The van der Waals surface area contributed by atoms with E-state index in [1.807, 2.05) is 30.4 Å². The van der Waals surface area contributed by atoms with Gasteiger partial charge in [0, 0.05) is 25.0 Å². The van der Waals surface area contributed by atoms with Gasteiger partial charge in [-0.2, -0.15) is 0 Å². The Labute approximate surface area is 217 Å². The largest absolute Gasteiger partial charge is 0.491 e. The number of allylic oxidation sites excluding steroid dienone is 4. The Balaban J connectivity index is 1.99. The number of benzene rings is 1. The molecule has 1 aromatic carbocycles. The highest BCUT2D eigenvalue weighted by atomic mass is 79.9. The van der Waals surface area contributed by atoms with Gasteiger partial charge in [0.1, 0.15) is 36.9 Å². The number of aliphatic hydroxyl groups excluding tert-OH is 2. The van der Waals surface area contributed by atoms with Crippen LogP contribution in [0.2, 0.25) is 0 Å². The van der Waals surface area contributed by atoms with E-state index in [-0.39, 0.29) is 24.5 Å². The first-order valence-electron chi connectivity index (χ1n) is 11.5. The van der Waals surface area contributed by atoms with E-state index in [4.69, 9.17) is 25.8 Å². The molecule has 0 aromatic heterocycles. The van der Waals surface area contributed by atoms with Crippen molar-refractivity contribution in [1.29, 1.82) is 0 Å². The van der Waals surface area contributed by atoms with Crippen molar-refractivity contribution in [3.8, 4) is 5.75 Å². The smallest absolute Gasteiger partial charge is 0.133 e. The molecular formula is C26H37BrClNO5. The zero-order chi connectivity index (χ0) is 25.1. The first kappa shape index (κ1) is 28.9. The van der Waals surface area contributed by atoms with E-state index in [0.717, 1.165) is 28.7 Å². The Morgan fingerprint density at radius 1 is 1.24 bits per heavy atom. The van der Waals surface area contributed by atoms with E-state index >= 15 is 0 Å². The maximum Gasteiger partial charge on any atom is 0.133 e. The third-order valence-corrected chi connectivity index (χ3v) is 6.94. The van der Waals surface area contributed by atoms with Crippen LogP contribution in [0, 0.1) is 0 Å². The van der Waals surface area contributed by atoms with Gasteiger partial charge in [-0.25, -0.2) is 0 Å². The van der Waals surface area contributed by atoms with Crippen LogP contribution in [0.15, 0.2) is 58.8 Å². The Bertz CT molecular complexity index is 852. The quantitative estimate of drug-likeness (QED) is 0.212. The summed E-state index contributed by atoms with van der Waals surface area (Å²) in [5.41, 5.74) is 1.98. The van der Waals surface area contributed by atoms with Gasteiger partial charge in [-0.3, -0.25) is 4.90 Å². The third kappa shape index (κ3) is 9.02. The SMILES string of the molecule is C=C/C(=C\C=C(/C)C(C)(C)c1ccc(OC[C@@H](O)CCl)c(Br)c1)OC[C@H](O)CN1CCOCC1. The zero-order valence-corrected chi connectivity index (χ0v) is 22.6. The standard InChI is InChI=1S/C26H37BrClNO5/c1-5-23(33-18-22(31)16-29-10-12-32-13-11-29)8-6-19(2)26(3,4)20-7-9-25(24(27)14-20)34-17-21(30)15-28/h5-9,14,21-22,30-31H,1,10-13,15-18H2,2-4H3/b19-6+,23-8+/t21-,22+/m0/s1. The van der Waals surface area contributed by atoms with E-state index in [9.17, 15) is 10.2 Å². The lowest BCUT2D eigenvalue weighted by molar-refractivity contribution is -0.00228. The molecule has 1 aliphatic rings. The molecule has 0 aliphatic carbocycles. The summed E-state index contributed by atoms with van der Waals surface area (Å²) in [6, 6.07) is 5.93. The van der Waals surface area contributed by atoms with Crippen molar-refractivity contribution in [2.45, 2.75) is 38.4 Å². The summed E-state index contributed by atoms with van der Waals surface area (Å²) in [6.45, 7) is 14.2. The average molecular weight is 559 g/mol. The number of nitrogens with zero attached hydrogens (tertiary/aromatic N) is 1. The molecule has 1 aliphatic heterocycles. The number of hydrogen-bond donors (Lipinski definition) is 2.